The van der Waals surface area contributed by atoms with Crippen molar-refractivity contribution in [2.75, 3.05) is 11.4 Å². The van der Waals surface area contributed by atoms with Gasteiger partial charge in [-0.3, -0.25) is 9.59 Å². The number of amides is 2. The Labute approximate surface area is 169 Å². The van der Waals surface area contributed by atoms with Crippen molar-refractivity contribution in [3.8, 4) is 5.75 Å². The minimum atomic E-state index is -0.291. The van der Waals surface area contributed by atoms with Crippen LogP contribution in [0.15, 0.2) is 71.3 Å². The molecule has 1 fully saturated rings. The van der Waals surface area contributed by atoms with Crippen LogP contribution < -0.4 is 15.0 Å². The molecular formula is C23H22N2O4. The van der Waals surface area contributed by atoms with Crippen LogP contribution in [0.5, 0.6) is 5.75 Å². The van der Waals surface area contributed by atoms with E-state index in [-0.39, 0.29) is 24.2 Å². The number of carbonyl (C=O) groups excluding carboxylic acids is 2. The fourth-order valence-corrected chi connectivity index (χ4v) is 3.30. The van der Waals surface area contributed by atoms with Crippen molar-refractivity contribution in [1.29, 1.82) is 0 Å². The number of nitrogens with one attached hydrogen (secondary N) is 1. The predicted octanol–water partition coefficient (Wildman–Crippen LogP) is 3.92. The Morgan fingerprint density at radius 2 is 1.86 bits per heavy atom. The van der Waals surface area contributed by atoms with E-state index in [4.69, 9.17) is 9.15 Å². The van der Waals surface area contributed by atoms with Gasteiger partial charge in [-0.1, -0.05) is 30.3 Å². The number of hydrogen-bond acceptors (Lipinski definition) is 4. The van der Waals surface area contributed by atoms with Crippen LogP contribution in [-0.4, -0.2) is 18.4 Å². The summed E-state index contributed by atoms with van der Waals surface area (Å²) in [6.07, 6.45) is 2.99. The molecule has 2 heterocycles. The van der Waals surface area contributed by atoms with Gasteiger partial charge < -0.3 is 19.4 Å². The molecule has 2 aromatic carbocycles. The molecule has 2 amide bonds. The smallest absolute Gasteiger partial charge is 0.287 e. The van der Waals surface area contributed by atoms with Gasteiger partial charge in [-0.25, -0.2) is 0 Å². The van der Waals surface area contributed by atoms with Crippen molar-refractivity contribution in [3.63, 3.8) is 0 Å². The second-order valence-corrected chi connectivity index (χ2v) is 6.87. The number of hydrogen-bond donors (Lipinski definition) is 1. The van der Waals surface area contributed by atoms with Crippen molar-refractivity contribution in [3.05, 3.63) is 83.8 Å². The lowest BCUT2D eigenvalue weighted by Gasteiger charge is -2.16. The number of rotatable bonds is 7. The fourth-order valence-electron chi connectivity index (χ4n) is 3.30. The predicted molar refractivity (Wildman–Crippen MR) is 109 cm³/mol. The molecule has 1 aromatic heterocycles. The van der Waals surface area contributed by atoms with Crippen molar-refractivity contribution >= 4 is 17.5 Å². The van der Waals surface area contributed by atoms with Crippen molar-refractivity contribution in [1.82, 2.24) is 5.32 Å². The van der Waals surface area contributed by atoms with Gasteiger partial charge >= 0.3 is 0 Å². The zero-order valence-electron chi connectivity index (χ0n) is 16.0. The highest BCUT2D eigenvalue weighted by Gasteiger charge is 2.21. The maximum absolute atomic E-state index is 12.5. The third-order valence-corrected chi connectivity index (χ3v) is 4.87. The molecule has 148 valence electrons. The highest BCUT2D eigenvalue weighted by Crippen LogP contribution is 2.22. The maximum Gasteiger partial charge on any atom is 0.287 e. The molecule has 0 atom stereocenters. The monoisotopic (exact) mass is 390 g/mol. The lowest BCUT2D eigenvalue weighted by atomic mass is 10.2. The molecule has 0 radical (unpaired) electrons. The third-order valence-electron chi connectivity index (χ3n) is 4.87. The first-order chi connectivity index (χ1) is 14.2. The third kappa shape index (κ3) is 4.48. The van der Waals surface area contributed by atoms with Crippen molar-refractivity contribution < 1.29 is 18.7 Å². The summed E-state index contributed by atoms with van der Waals surface area (Å²) in [6.45, 7) is 1.38. The normalized spacial score (nSPS) is 13.5. The van der Waals surface area contributed by atoms with Crippen molar-refractivity contribution in [2.24, 2.45) is 0 Å². The van der Waals surface area contributed by atoms with Gasteiger partial charge in [0.05, 0.1) is 6.26 Å². The molecule has 1 N–H and O–H groups in total. The van der Waals surface area contributed by atoms with Crippen LogP contribution in [0.4, 0.5) is 5.69 Å². The molecule has 1 aliphatic heterocycles. The lowest BCUT2D eigenvalue weighted by molar-refractivity contribution is -0.117. The number of anilines is 1. The summed E-state index contributed by atoms with van der Waals surface area (Å²) in [6, 6.07) is 18.8. The van der Waals surface area contributed by atoms with E-state index in [1.54, 1.807) is 11.0 Å². The molecule has 4 rings (SSSR count). The van der Waals surface area contributed by atoms with Crippen LogP contribution in [-0.2, 0) is 17.9 Å². The van der Waals surface area contributed by atoms with E-state index in [9.17, 15) is 9.59 Å². The number of ether oxygens (including phenoxy) is 1. The van der Waals surface area contributed by atoms with E-state index in [2.05, 4.69) is 5.32 Å². The Balaban J connectivity index is 1.33. The van der Waals surface area contributed by atoms with Gasteiger partial charge in [0, 0.05) is 30.8 Å². The summed E-state index contributed by atoms with van der Waals surface area (Å²) in [4.78, 5) is 26.1. The Bertz CT molecular complexity index is 980. The molecular weight excluding hydrogens is 368 g/mol. The molecule has 29 heavy (non-hydrogen) atoms. The average molecular weight is 390 g/mol. The van der Waals surface area contributed by atoms with Crippen LogP contribution in [0.25, 0.3) is 0 Å². The zero-order valence-corrected chi connectivity index (χ0v) is 16.0. The molecule has 0 spiro atoms. The summed E-state index contributed by atoms with van der Waals surface area (Å²) < 4.78 is 11.1. The van der Waals surface area contributed by atoms with E-state index in [1.807, 2.05) is 54.6 Å². The molecule has 0 unspecified atom stereocenters. The molecule has 1 saturated heterocycles. The Morgan fingerprint density at radius 3 is 2.59 bits per heavy atom. The van der Waals surface area contributed by atoms with Gasteiger partial charge in [-0.15, -0.1) is 0 Å². The Hall–Kier alpha value is -3.54. The summed E-state index contributed by atoms with van der Waals surface area (Å²) >= 11 is 0. The van der Waals surface area contributed by atoms with Crippen LogP contribution in [0.1, 0.15) is 34.5 Å². The SMILES string of the molecule is O=C(NCc1ccc(N2CCCC2=O)cc1)c1occc1COc1ccccc1. The second-order valence-electron chi connectivity index (χ2n) is 6.87. The Kier molecular flexibility index (Phi) is 5.61. The zero-order chi connectivity index (χ0) is 20.1. The molecule has 6 nitrogen and oxygen atoms in total. The van der Waals surface area contributed by atoms with Crippen LogP contribution in [0, 0.1) is 0 Å². The molecule has 6 heteroatoms. The highest BCUT2D eigenvalue weighted by atomic mass is 16.5. The van der Waals surface area contributed by atoms with Gasteiger partial charge in [0.2, 0.25) is 5.91 Å². The first-order valence-corrected chi connectivity index (χ1v) is 9.62. The summed E-state index contributed by atoms with van der Waals surface area (Å²) in [5.41, 5.74) is 2.53. The van der Waals surface area contributed by atoms with E-state index < -0.39 is 0 Å². The number of para-hydroxylation sites is 1. The van der Waals surface area contributed by atoms with E-state index in [0.29, 0.717) is 18.5 Å². The summed E-state index contributed by atoms with van der Waals surface area (Å²) in [5, 5.41) is 2.87. The number of nitrogens with zero attached hydrogens (tertiary/aromatic N) is 1. The van der Waals surface area contributed by atoms with Crippen LogP contribution in [0.2, 0.25) is 0 Å². The molecule has 0 aliphatic carbocycles. The standard InChI is InChI=1S/C23H22N2O4/c26-21-7-4-13-25(21)19-10-8-17(9-11-19)15-24-23(27)22-18(12-14-28-22)16-29-20-5-2-1-3-6-20/h1-3,5-6,8-12,14H,4,7,13,15-16H2,(H,24,27). The summed E-state index contributed by atoms with van der Waals surface area (Å²) in [5.74, 6) is 0.853. The van der Waals surface area contributed by atoms with E-state index in [0.717, 1.165) is 30.0 Å². The minimum Gasteiger partial charge on any atom is -0.489 e. The minimum absolute atomic E-state index is 0.161. The van der Waals surface area contributed by atoms with Crippen molar-refractivity contribution in [2.45, 2.75) is 26.0 Å². The first-order valence-electron chi connectivity index (χ1n) is 9.62. The Morgan fingerprint density at radius 1 is 1.07 bits per heavy atom. The largest absolute Gasteiger partial charge is 0.489 e. The molecule has 0 saturated carbocycles. The topological polar surface area (TPSA) is 71.8 Å². The molecule has 1 aliphatic rings. The van der Waals surface area contributed by atoms with Gasteiger partial charge in [0.1, 0.15) is 12.4 Å². The molecule has 3 aromatic rings. The average Bonchev–Trinajstić information content (AvgIpc) is 3.40. The maximum atomic E-state index is 12.5. The number of benzene rings is 2. The summed E-state index contributed by atoms with van der Waals surface area (Å²) in [7, 11) is 0. The number of carbonyl (C=O) groups is 2. The van der Waals surface area contributed by atoms with E-state index >= 15 is 0 Å². The van der Waals surface area contributed by atoms with Gasteiger partial charge in [-0.2, -0.15) is 0 Å². The number of furan rings is 1. The quantitative estimate of drug-likeness (QED) is 0.664. The highest BCUT2D eigenvalue weighted by molar-refractivity contribution is 5.95. The van der Waals surface area contributed by atoms with Crippen LogP contribution in [0.3, 0.4) is 0 Å². The van der Waals surface area contributed by atoms with Gasteiger partial charge in [-0.05, 0) is 42.3 Å². The van der Waals surface area contributed by atoms with Crippen LogP contribution >= 0.6 is 0 Å². The second kappa shape index (κ2) is 8.65. The van der Waals surface area contributed by atoms with E-state index in [1.165, 1.54) is 6.26 Å². The fraction of sp³-hybridized carbons (Fsp3) is 0.217. The van der Waals surface area contributed by atoms with Gasteiger partial charge in [0.25, 0.3) is 5.91 Å². The van der Waals surface area contributed by atoms with Gasteiger partial charge in [0.15, 0.2) is 5.76 Å². The molecule has 0 bridgehead atoms. The lowest BCUT2D eigenvalue weighted by Crippen LogP contribution is -2.24. The first kappa shape index (κ1) is 18.8.